The predicted molar refractivity (Wildman–Crippen MR) is 111 cm³/mol. The van der Waals surface area contributed by atoms with E-state index in [1.807, 2.05) is 24.3 Å². The van der Waals surface area contributed by atoms with Crippen LogP contribution in [0.4, 0.5) is 0 Å². The van der Waals surface area contributed by atoms with Crippen molar-refractivity contribution >= 4 is 22.0 Å². The van der Waals surface area contributed by atoms with Crippen molar-refractivity contribution in [3.63, 3.8) is 0 Å². The van der Waals surface area contributed by atoms with Crippen molar-refractivity contribution in [3.8, 4) is 22.9 Å². The molecule has 148 valence electrons. The van der Waals surface area contributed by atoms with Crippen LogP contribution in [0, 0.1) is 17.2 Å². The van der Waals surface area contributed by atoms with E-state index in [0.29, 0.717) is 18.6 Å². The van der Waals surface area contributed by atoms with E-state index >= 15 is 0 Å². The molecule has 2 heterocycles. The van der Waals surface area contributed by atoms with Crippen LogP contribution in [0.5, 0.6) is 5.75 Å². The van der Waals surface area contributed by atoms with Crippen LogP contribution >= 0.6 is 15.9 Å². The highest BCUT2D eigenvalue weighted by atomic mass is 79.9. The quantitative estimate of drug-likeness (QED) is 0.688. The number of aliphatic hydroxyl groups excluding tert-OH is 1. The zero-order valence-electron chi connectivity index (χ0n) is 15.6. The van der Waals surface area contributed by atoms with Gasteiger partial charge in [-0.2, -0.15) is 5.26 Å². The van der Waals surface area contributed by atoms with Crippen molar-refractivity contribution in [2.75, 3.05) is 6.61 Å². The highest BCUT2D eigenvalue weighted by Gasteiger charge is 2.55. The summed E-state index contributed by atoms with van der Waals surface area (Å²) in [7, 11) is 0. The van der Waals surface area contributed by atoms with E-state index < -0.39 is 5.54 Å². The molecule has 0 radical (unpaired) electrons. The number of rotatable bonds is 1. The minimum atomic E-state index is -0.663. The summed E-state index contributed by atoms with van der Waals surface area (Å²) in [5, 5.41) is 19.6. The summed E-state index contributed by atoms with van der Waals surface area (Å²) in [4.78, 5) is 4.75. The number of fused-ring (bicyclic) bond motifs is 4. The Labute approximate surface area is 177 Å². The van der Waals surface area contributed by atoms with Gasteiger partial charge in [-0.25, -0.2) is 4.99 Å². The first-order valence-electron chi connectivity index (χ1n) is 9.67. The molecule has 6 nitrogen and oxygen atoms in total. The van der Waals surface area contributed by atoms with E-state index in [2.05, 4.69) is 28.1 Å². The number of nitrogens with two attached hydrogens (primary N) is 1. The van der Waals surface area contributed by atoms with Gasteiger partial charge in [0.25, 0.3) is 6.02 Å². The van der Waals surface area contributed by atoms with Gasteiger partial charge in [0.05, 0.1) is 17.7 Å². The fourth-order valence-corrected chi connectivity index (χ4v) is 5.36. The molecule has 4 atom stereocenters. The normalized spacial score (nSPS) is 29.8. The van der Waals surface area contributed by atoms with Gasteiger partial charge in [0, 0.05) is 16.0 Å². The lowest BCUT2D eigenvalue weighted by Gasteiger charge is -2.47. The van der Waals surface area contributed by atoms with Gasteiger partial charge in [-0.05, 0) is 60.7 Å². The van der Waals surface area contributed by atoms with Crippen molar-refractivity contribution in [1.29, 1.82) is 5.26 Å². The molecule has 0 aromatic heterocycles. The zero-order valence-corrected chi connectivity index (χ0v) is 17.2. The number of aliphatic hydroxyl groups is 1. The molecule has 1 spiro atoms. The van der Waals surface area contributed by atoms with Crippen LogP contribution in [0.2, 0.25) is 0 Å². The summed E-state index contributed by atoms with van der Waals surface area (Å²) >= 11 is 3.48. The molecule has 0 amide bonds. The Morgan fingerprint density at radius 1 is 1.21 bits per heavy atom. The van der Waals surface area contributed by atoms with Crippen LogP contribution in [0.1, 0.15) is 30.4 Å². The molecule has 5 rings (SSSR count). The van der Waals surface area contributed by atoms with E-state index in [0.717, 1.165) is 39.8 Å². The number of nitrogens with zero attached hydrogens (tertiary/aromatic N) is 2. The molecule has 2 aromatic carbocycles. The van der Waals surface area contributed by atoms with Crippen molar-refractivity contribution in [2.45, 2.75) is 37.0 Å². The van der Waals surface area contributed by atoms with Gasteiger partial charge in [0.15, 0.2) is 0 Å². The molecule has 1 fully saturated rings. The molecule has 3 N–H and O–H groups in total. The first-order valence-corrected chi connectivity index (χ1v) is 10.5. The van der Waals surface area contributed by atoms with E-state index in [1.165, 1.54) is 0 Å². The largest absolute Gasteiger partial charge is 0.490 e. The smallest absolute Gasteiger partial charge is 0.283 e. The topological polar surface area (TPSA) is 101 Å². The molecule has 2 aliphatic heterocycles. The van der Waals surface area contributed by atoms with Gasteiger partial charge in [0.2, 0.25) is 0 Å². The Kier molecular flexibility index (Phi) is 4.30. The Morgan fingerprint density at radius 3 is 2.83 bits per heavy atom. The SMILES string of the molecule is N#Cc1cc(Br)cc(-c2ccc3c(c2)C2(COC(N)=N2)[C@H]2C[C@@H](O)CCC2O3)c1. The Hall–Kier alpha value is -2.56. The number of ether oxygens (including phenoxy) is 2. The summed E-state index contributed by atoms with van der Waals surface area (Å²) in [5.74, 6) is 0.774. The number of amidine groups is 1. The van der Waals surface area contributed by atoms with Gasteiger partial charge < -0.3 is 20.3 Å². The van der Waals surface area contributed by atoms with E-state index in [-0.39, 0.29) is 24.1 Å². The molecule has 1 saturated carbocycles. The molecule has 29 heavy (non-hydrogen) atoms. The summed E-state index contributed by atoms with van der Waals surface area (Å²) < 4.78 is 12.8. The van der Waals surface area contributed by atoms with E-state index in [4.69, 9.17) is 20.2 Å². The minimum absolute atomic E-state index is 0.00720. The minimum Gasteiger partial charge on any atom is -0.490 e. The third-order valence-electron chi connectivity index (χ3n) is 6.21. The summed E-state index contributed by atoms with van der Waals surface area (Å²) in [6.45, 7) is 0.342. The Bertz CT molecular complexity index is 1060. The summed E-state index contributed by atoms with van der Waals surface area (Å²) in [6, 6.07) is 14.0. The number of benzene rings is 2. The average molecular weight is 454 g/mol. The second-order valence-electron chi connectivity index (χ2n) is 7.94. The maximum absolute atomic E-state index is 10.3. The van der Waals surface area contributed by atoms with Crippen LogP contribution < -0.4 is 10.5 Å². The molecule has 3 aliphatic rings. The maximum atomic E-state index is 10.3. The van der Waals surface area contributed by atoms with Crippen molar-refractivity contribution in [3.05, 3.63) is 52.0 Å². The number of halogens is 1. The molecule has 7 heteroatoms. The van der Waals surface area contributed by atoms with Gasteiger partial charge in [-0.15, -0.1) is 0 Å². The monoisotopic (exact) mass is 453 g/mol. The number of hydrogen-bond donors (Lipinski definition) is 2. The zero-order chi connectivity index (χ0) is 20.2. The van der Waals surface area contributed by atoms with Gasteiger partial charge in [-0.1, -0.05) is 22.0 Å². The molecule has 0 saturated heterocycles. The Morgan fingerprint density at radius 2 is 2.07 bits per heavy atom. The standard InChI is InChI=1S/C22H20BrN3O3/c23-15-6-12(10-24)5-14(7-15)13-1-3-19-17(8-13)22(11-28-21(25)26-22)18-9-16(27)2-4-20(18)29-19/h1,3,5-8,16,18,20,27H,2,4,9,11H2,(H2,25,26)/t16-,18-,20?,22?/m0/s1. The Balaban J connectivity index is 1.66. The number of hydrogen-bond acceptors (Lipinski definition) is 6. The van der Waals surface area contributed by atoms with Crippen LogP contribution in [-0.2, 0) is 10.3 Å². The lowest BCUT2D eigenvalue weighted by Crippen LogP contribution is -2.51. The van der Waals surface area contributed by atoms with Crippen LogP contribution in [-0.4, -0.2) is 29.9 Å². The van der Waals surface area contributed by atoms with Crippen LogP contribution in [0.25, 0.3) is 11.1 Å². The lowest BCUT2D eigenvalue weighted by molar-refractivity contribution is -0.0359. The van der Waals surface area contributed by atoms with Gasteiger partial charge in [0.1, 0.15) is 24.0 Å². The van der Waals surface area contributed by atoms with E-state index in [1.54, 1.807) is 6.07 Å². The first kappa shape index (κ1) is 18.5. The second kappa shape index (κ2) is 6.75. The maximum Gasteiger partial charge on any atom is 0.283 e. The summed E-state index contributed by atoms with van der Waals surface area (Å²) in [5.41, 5.74) is 8.67. The lowest BCUT2D eigenvalue weighted by atomic mass is 9.67. The predicted octanol–water partition coefficient (Wildman–Crippen LogP) is 3.45. The van der Waals surface area contributed by atoms with Crippen molar-refractivity contribution in [1.82, 2.24) is 0 Å². The fraction of sp³-hybridized carbons (Fsp3) is 0.364. The average Bonchev–Trinajstić information content (AvgIpc) is 3.10. The fourth-order valence-electron chi connectivity index (χ4n) is 4.87. The molecule has 0 bridgehead atoms. The molecular formula is C22H20BrN3O3. The highest BCUT2D eigenvalue weighted by molar-refractivity contribution is 9.10. The first-order chi connectivity index (χ1) is 14.0. The van der Waals surface area contributed by atoms with E-state index in [9.17, 15) is 10.4 Å². The third-order valence-corrected chi connectivity index (χ3v) is 6.66. The van der Waals surface area contributed by atoms with Crippen molar-refractivity contribution < 1.29 is 14.6 Å². The molecule has 2 aromatic rings. The van der Waals surface area contributed by atoms with Crippen LogP contribution in [0.15, 0.2) is 45.9 Å². The number of nitriles is 1. The van der Waals surface area contributed by atoms with Crippen molar-refractivity contribution in [2.24, 2.45) is 16.6 Å². The highest BCUT2D eigenvalue weighted by Crippen LogP contribution is 2.53. The van der Waals surface area contributed by atoms with Gasteiger partial charge >= 0.3 is 0 Å². The molecule has 1 aliphatic carbocycles. The second-order valence-corrected chi connectivity index (χ2v) is 8.86. The van der Waals surface area contributed by atoms with Gasteiger partial charge in [-0.3, -0.25) is 0 Å². The van der Waals surface area contributed by atoms with Crippen LogP contribution in [0.3, 0.4) is 0 Å². The third kappa shape index (κ3) is 2.98. The molecular weight excluding hydrogens is 434 g/mol. The summed E-state index contributed by atoms with van der Waals surface area (Å²) in [6.07, 6.45) is 1.71. The number of aliphatic imine (C=N–C) groups is 1. The molecule has 2 unspecified atom stereocenters.